The summed E-state index contributed by atoms with van der Waals surface area (Å²) >= 11 is 0. The Morgan fingerprint density at radius 3 is 2.79 bits per heavy atom. The Balaban J connectivity index is 1.79. The molecule has 1 heterocycles. The van der Waals surface area contributed by atoms with E-state index < -0.39 is 11.6 Å². The summed E-state index contributed by atoms with van der Waals surface area (Å²) in [5.74, 6) is -1.38. The number of ether oxygens (including phenoxy) is 1. The first-order valence-electron chi connectivity index (χ1n) is 6.23. The van der Waals surface area contributed by atoms with Crippen LogP contribution in [0.5, 0.6) is 5.75 Å². The number of rotatable bonds is 4. The van der Waals surface area contributed by atoms with E-state index in [0.717, 1.165) is 31.3 Å². The number of piperazine rings is 1. The maximum atomic E-state index is 13.3. The molecule has 0 bridgehead atoms. The molecule has 1 aliphatic rings. The maximum absolute atomic E-state index is 13.3. The molecule has 1 aromatic rings. The summed E-state index contributed by atoms with van der Waals surface area (Å²) in [7, 11) is 0. The standard InChI is InChI=1S/C13H16F2N2O2/c14-10-1-2-11(15)12(9-10)19-8-3-13(18)17-6-4-16-5-7-17/h1-2,9,16H,3-8H2. The van der Waals surface area contributed by atoms with Crippen molar-refractivity contribution in [3.05, 3.63) is 29.8 Å². The van der Waals surface area contributed by atoms with Crippen LogP contribution in [0.1, 0.15) is 6.42 Å². The zero-order valence-electron chi connectivity index (χ0n) is 10.5. The number of carbonyl (C=O) groups is 1. The smallest absolute Gasteiger partial charge is 0.226 e. The van der Waals surface area contributed by atoms with E-state index in [-0.39, 0.29) is 24.7 Å². The van der Waals surface area contributed by atoms with Crippen LogP contribution in [-0.4, -0.2) is 43.6 Å². The van der Waals surface area contributed by atoms with E-state index >= 15 is 0 Å². The molecule has 0 radical (unpaired) electrons. The summed E-state index contributed by atoms with van der Waals surface area (Å²) in [5.41, 5.74) is 0. The highest BCUT2D eigenvalue weighted by molar-refractivity contribution is 5.76. The van der Waals surface area contributed by atoms with E-state index in [1.165, 1.54) is 0 Å². The number of nitrogens with one attached hydrogen (secondary N) is 1. The number of carbonyl (C=O) groups excluding carboxylic acids is 1. The number of hydrogen-bond acceptors (Lipinski definition) is 3. The molecule has 0 aliphatic carbocycles. The molecule has 1 saturated heterocycles. The van der Waals surface area contributed by atoms with Gasteiger partial charge >= 0.3 is 0 Å². The zero-order valence-corrected chi connectivity index (χ0v) is 10.5. The van der Waals surface area contributed by atoms with Crippen LogP contribution in [0.25, 0.3) is 0 Å². The van der Waals surface area contributed by atoms with Gasteiger partial charge in [0.1, 0.15) is 5.82 Å². The lowest BCUT2D eigenvalue weighted by atomic mass is 10.3. The van der Waals surface area contributed by atoms with E-state index in [1.807, 2.05) is 0 Å². The molecule has 104 valence electrons. The van der Waals surface area contributed by atoms with Crippen LogP contribution >= 0.6 is 0 Å². The fourth-order valence-electron chi connectivity index (χ4n) is 1.91. The molecule has 1 N–H and O–H groups in total. The molecule has 0 unspecified atom stereocenters. The molecule has 1 aliphatic heterocycles. The summed E-state index contributed by atoms with van der Waals surface area (Å²) in [4.78, 5) is 13.5. The molecular weight excluding hydrogens is 254 g/mol. The largest absolute Gasteiger partial charge is 0.490 e. The monoisotopic (exact) mass is 270 g/mol. The normalized spacial score (nSPS) is 15.4. The van der Waals surface area contributed by atoms with Gasteiger partial charge in [0.25, 0.3) is 0 Å². The SMILES string of the molecule is O=C(CCOc1cc(F)ccc1F)N1CCNCC1. The summed E-state index contributed by atoms with van der Waals surface area (Å²) in [6, 6.07) is 3.00. The van der Waals surface area contributed by atoms with Gasteiger partial charge in [-0.3, -0.25) is 4.79 Å². The second kappa shape index (κ2) is 6.47. The Bertz CT molecular complexity index is 448. The number of benzene rings is 1. The van der Waals surface area contributed by atoms with Crippen molar-refractivity contribution in [2.45, 2.75) is 6.42 Å². The van der Waals surface area contributed by atoms with E-state index in [1.54, 1.807) is 4.90 Å². The highest BCUT2D eigenvalue weighted by Crippen LogP contribution is 2.18. The number of amides is 1. The minimum Gasteiger partial charge on any atom is -0.490 e. The van der Waals surface area contributed by atoms with Crippen LogP contribution in [0.3, 0.4) is 0 Å². The minimum absolute atomic E-state index is 0.0293. The molecular formula is C13H16F2N2O2. The second-order valence-electron chi connectivity index (χ2n) is 4.30. The Labute approximate surface area is 110 Å². The first-order valence-corrected chi connectivity index (χ1v) is 6.23. The third kappa shape index (κ3) is 3.89. The molecule has 19 heavy (non-hydrogen) atoms. The van der Waals surface area contributed by atoms with Crippen LogP contribution in [0, 0.1) is 11.6 Å². The third-order valence-corrected chi connectivity index (χ3v) is 2.94. The van der Waals surface area contributed by atoms with Crippen molar-refractivity contribution >= 4 is 5.91 Å². The van der Waals surface area contributed by atoms with Crippen LogP contribution in [0.4, 0.5) is 8.78 Å². The van der Waals surface area contributed by atoms with E-state index in [9.17, 15) is 13.6 Å². The molecule has 1 amide bonds. The number of hydrogen-bond donors (Lipinski definition) is 1. The summed E-state index contributed by atoms with van der Waals surface area (Å²) in [6.07, 6.45) is 0.163. The fourth-order valence-corrected chi connectivity index (χ4v) is 1.91. The first kappa shape index (κ1) is 13.7. The van der Waals surface area contributed by atoms with Gasteiger partial charge in [0, 0.05) is 32.2 Å². The van der Waals surface area contributed by atoms with Crippen LogP contribution in [-0.2, 0) is 4.79 Å². The zero-order chi connectivity index (χ0) is 13.7. The van der Waals surface area contributed by atoms with Gasteiger partial charge in [-0.05, 0) is 12.1 Å². The van der Waals surface area contributed by atoms with Crippen molar-refractivity contribution < 1.29 is 18.3 Å². The Kier molecular flexibility index (Phi) is 4.68. The van der Waals surface area contributed by atoms with Crippen molar-refractivity contribution in [3.8, 4) is 5.75 Å². The fraction of sp³-hybridized carbons (Fsp3) is 0.462. The van der Waals surface area contributed by atoms with Gasteiger partial charge in [-0.25, -0.2) is 8.78 Å². The Morgan fingerprint density at radius 1 is 1.32 bits per heavy atom. The first-order chi connectivity index (χ1) is 9.16. The quantitative estimate of drug-likeness (QED) is 0.893. The van der Waals surface area contributed by atoms with Gasteiger partial charge < -0.3 is 15.0 Å². The van der Waals surface area contributed by atoms with Gasteiger partial charge in [-0.1, -0.05) is 0 Å². The predicted octanol–water partition coefficient (Wildman–Crippen LogP) is 1.17. The van der Waals surface area contributed by atoms with E-state index in [2.05, 4.69) is 5.32 Å². The van der Waals surface area contributed by atoms with Crippen LogP contribution < -0.4 is 10.1 Å². The topological polar surface area (TPSA) is 41.6 Å². The van der Waals surface area contributed by atoms with Crippen LogP contribution in [0.15, 0.2) is 18.2 Å². The van der Waals surface area contributed by atoms with Crippen molar-refractivity contribution in [1.82, 2.24) is 10.2 Å². The van der Waals surface area contributed by atoms with Gasteiger partial charge in [0.2, 0.25) is 5.91 Å². The summed E-state index contributed by atoms with van der Waals surface area (Å²) < 4.78 is 31.2. The highest BCUT2D eigenvalue weighted by Gasteiger charge is 2.16. The van der Waals surface area contributed by atoms with Crippen LogP contribution in [0.2, 0.25) is 0 Å². The lowest BCUT2D eigenvalue weighted by Gasteiger charge is -2.27. The Morgan fingerprint density at radius 2 is 2.05 bits per heavy atom. The molecule has 0 aromatic heterocycles. The van der Waals surface area contributed by atoms with Crippen molar-refractivity contribution in [3.63, 3.8) is 0 Å². The van der Waals surface area contributed by atoms with Crippen molar-refractivity contribution in [2.24, 2.45) is 0 Å². The van der Waals surface area contributed by atoms with E-state index in [4.69, 9.17) is 4.74 Å². The van der Waals surface area contributed by atoms with E-state index in [0.29, 0.717) is 13.1 Å². The molecule has 0 spiro atoms. The van der Waals surface area contributed by atoms with Gasteiger partial charge in [0.15, 0.2) is 11.6 Å². The molecule has 6 heteroatoms. The van der Waals surface area contributed by atoms with Gasteiger partial charge in [0.05, 0.1) is 13.0 Å². The average Bonchev–Trinajstić information content (AvgIpc) is 2.43. The molecule has 4 nitrogen and oxygen atoms in total. The highest BCUT2D eigenvalue weighted by atomic mass is 19.1. The van der Waals surface area contributed by atoms with Crippen molar-refractivity contribution in [1.29, 1.82) is 0 Å². The van der Waals surface area contributed by atoms with Gasteiger partial charge in [-0.15, -0.1) is 0 Å². The molecule has 1 fully saturated rings. The molecule has 0 saturated carbocycles. The van der Waals surface area contributed by atoms with Crippen molar-refractivity contribution in [2.75, 3.05) is 32.8 Å². The average molecular weight is 270 g/mol. The lowest BCUT2D eigenvalue weighted by Crippen LogP contribution is -2.46. The van der Waals surface area contributed by atoms with Gasteiger partial charge in [-0.2, -0.15) is 0 Å². The lowest BCUT2D eigenvalue weighted by molar-refractivity contribution is -0.132. The summed E-state index contributed by atoms with van der Waals surface area (Å²) in [5, 5.41) is 3.15. The molecule has 2 rings (SSSR count). The maximum Gasteiger partial charge on any atom is 0.226 e. The summed E-state index contributed by atoms with van der Waals surface area (Å²) in [6.45, 7) is 2.96. The predicted molar refractivity (Wildman–Crippen MR) is 65.9 cm³/mol. The minimum atomic E-state index is -0.629. The third-order valence-electron chi connectivity index (χ3n) is 2.94. The molecule has 0 atom stereocenters. The number of halogens is 2. The second-order valence-corrected chi connectivity index (χ2v) is 4.30. The Hall–Kier alpha value is -1.69. The molecule has 1 aromatic carbocycles. The number of nitrogens with zero attached hydrogens (tertiary/aromatic N) is 1.